The van der Waals surface area contributed by atoms with Crippen molar-refractivity contribution in [1.82, 2.24) is 5.32 Å². The van der Waals surface area contributed by atoms with E-state index in [1.54, 1.807) is 20.8 Å². The predicted molar refractivity (Wildman–Crippen MR) is 86.7 cm³/mol. The van der Waals surface area contributed by atoms with Crippen LogP contribution in [-0.2, 0) is 4.74 Å². The van der Waals surface area contributed by atoms with E-state index in [4.69, 9.17) is 39.5 Å². The van der Waals surface area contributed by atoms with Crippen molar-refractivity contribution in [2.75, 3.05) is 6.54 Å². The van der Waals surface area contributed by atoms with E-state index in [1.807, 2.05) is 0 Å². The normalized spacial score (nSPS) is 14.4. The number of aliphatic hydroxyl groups is 2. The van der Waals surface area contributed by atoms with E-state index < -0.39 is 23.9 Å². The Morgan fingerprint density at radius 3 is 2.32 bits per heavy atom. The standard InChI is InChI=1S/C14H18Cl3NO4/c1-14(2,3)22-13(21)18-6-9(19)12(20)10-7(15)4-5-8(16)11(10)17/h4-5,9,12,19-20H,6H2,1-3H3,(H,18,21). The SMILES string of the molecule is CC(C)(C)OC(=O)NCC(O)C(O)c1c(Cl)ccc(Cl)c1Cl. The molecule has 1 aromatic rings. The van der Waals surface area contributed by atoms with Crippen molar-refractivity contribution in [2.24, 2.45) is 0 Å². The number of alkyl carbamates (subject to hydrolysis) is 1. The molecular formula is C14H18Cl3NO4. The minimum Gasteiger partial charge on any atom is -0.444 e. The molecule has 0 bridgehead atoms. The molecular weight excluding hydrogens is 353 g/mol. The van der Waals surface area contributed by atoms with Crippen LogP contribution in [0.5, 0.6) is 0 Å². The lowest BCUT2D eigenvalue weighted by Gasteiger charge is -2.23. The number of rotatable bonds is 4. The van der Waals surface area contributed by atoms with Gasteiger partial charge in [0.05, 0.1) is 10.0 Å². The second-order valence-electron chi connectivity index (χ2n) is 5.65. The fraction of sp³-hybridized carbons (Fsp3) is 0.500. The molecule has 0 radical (unpaired) electrons. The zero-order chi connectivity index (χ0) is 17.1. The monoisotopic (exact) mass is 369 g/mol. The Hall–Kier alpha value is -0.720. The molecule has 8 heteroatoms. The van der Waals surface area contributed by atoms with Gasteiger partial charge in [-0.3, -0.25) is 0 Å². The first kappa shape index (κ1) is 19.3. The topological polar surface area (TPSA) is 78.8 Å². The summed E-state index contributed by atoms with van der Waals surface area (Å²) in [4.78, 5) is 11.5. The number of carbonyl (C=O) groups is 1. The van der Waals surface area contributed by atoms with E-state index in [1.165, 1.54) is 12.1 Å². The maximum absolute atomic E-state index is 11.5. The van der Waals surface area contributed by atoms with Crippen LogP contribution in [0.1, 0.15) is 32.4 Å². The molecule has 0 aromatic heterocycles. The van der Waals surface area contributed by atoms with Crippen molar-refractivity contribution in [3.8, 4) is 0 Å². The summed E-state index contributed by atoms with van der Waals surface area (Å²) in [5.41, 5.74) is -0.554. The summed E-state index contributed by atoms with van der Waals surface area (Å²) in [6.07, 6.45) is -3.45. The molecule has 1 amide bonds. The Balaban J connectivity index is 2.72. The van der Waals surface area contributed by atoms with Gasteiger partial charge in [-0.05, 0) is 32.9 Å². The van der Waals surface area contributed by atoms with E-state index in [0.717, 1.165) is 0 Å². The highest BCUT2D eigenvalue weighted by Crippen LogP contribution is 2.36. The van der Waals surface area contributed by atoms with Crippen LogP contribution in [0.3, 0.4) is 0 Å². The van der Waals surface area contributed by atoms with Gasteiger partial charge in [-0.15, -0.1) is 0 Å². The highest BCUT2D eigenvalue weighted by Gasteiger charge is 2.26. The Bertz CT molecular complexity index is 546. The van der Waals surface area contributed by atoms with Crippen LogP contribution in [0.25, 0.3) is 0 Å². The van der Waals surface area contributed by atoms with Gasteiger partial charge in [0.25, 0.3) is 0 Å². The van der Waals surface area contributed by atoms with Crippen molar-refractivity contribution in [3.63, 3.8) is 0 Å². The second kappa shape index (κ2) is 7.70. The molecule has 124 valence electrons. The molecule has 0 aliphatic rings. The highest BCUT2D eigenvalue weighted by atomic mass is 35.5. The number of ether oxygens (including phenoxy) is 1. The van der Waals surface area contributed by atoms with Crippen molar-refractivity contribution in [3.05, 3.63) is 32.8 Å². The number of nitrogens with one attached hydrogen (secondary N) is 1. The van der Waals surface area contributed by atoms with Crippen LogP contribution in [0.15, 0.2) is 12.1 Å². The van der Waals surface area contributed by atoms with Gasteiger partial charge in [0.1, 0.15) is 17.8 Å². The molecule has 0 saturated carbocycles. The van der Waals surface area contributed by atoms with Gasteiger partial charge >= 0.3 is 6.09 Å². The summed E-state index contributed by atoms with van der Waals surface area (Å²) in [5, 5.41) is 22.9. The number of hydrogen-bond acceptors (Lipinski definition) is 4. The summed E-state index contributed by atoms with van der Waals surface area (Å²) in [6, 6.07) is 2.94. The first-order valence-electron chi connectivity index (χ1n) is 6.49. The minimum absolute atomic E-state index is 0.0537. The third-order valence-electron chi connectivity index (χ3n) is 2.59. The molecule has 0 heterocycles. The lowest BCUT2D eigenvalue weighted by molar-refractivity contribution is 0.0130. The summed E-state index contributed by atoms with van der Waals surface area (Å²) >= 11 is 17.8. The van der Waals surface area contributed by atoms with Crippen LogP contribution in [-0.4, -0.2) is 34.6 Å². The zero-order valence-electron chi connectivity index (χ0n) is 12.4. The third kappa shape index (κ3) is 5.48. The van der Waals surface area contributed by atoms with E-state index in [2.05, 4.69) is 5.32 Å². The molecule has 3 N–H and O–H groups in total. The molecule has 1 aromatic carbocycles. The molecule has 22 heavy (non-hydrogen) atoms. The molecule has 5 nitrogen and oxygen atoms in total. The lowest BCUT2D eigenvalue weighted by atomic mass is 10.0. The van der Waals surface area contributed by atoms with Crippen molar-refractivity contribution < 1.29 is 19.7 Å². The van der Waals surface area contributed by atoms with Crippen LogP contribution >= 0.6 is 34.8 Å². The average Bonchev–Trinajstić information content (AvgIpc) is 2.38. The van der Waals surface area contributed by atoms with Gasteiger partial charge in [-0.2, -0.15) is 0 Å². The number of aliphatic hydroxyl groups excluding tert-OH is 2. The third-order valence-corrected chi connectivity index (χ3v) is 3.74. The summed E-state index contributed by atoms with van der Waals surface area (Å²) in [7, 11) is 0. The second-order valence-corrected chi connectivity index (χ2v) is 6.84. The van der Waals surface area contributed by atoms with Crippen LogP contribution in [0.2, 0.25) is 15.1 Å². The first-order valence-corrected chi connectivity index (χ1v) is 7.62. The summed E-state index contributed by atoms with van der Waals surface area (Å²) in [5.74, 6) is 0. The van der Waals surface area contributed by atoms with Gasteiger partial charge in [-0.1, -0.05) is 34.8 Å². The van der Waals surface area contributed by atoms with E-state index in [0.29, 0.717) is 0 Å². The van der Waals surface area contributed by atoms with Gasteiger partial charge in [0.2, 0.25) is 0 Å². The van der Waals surface area contributed by atoms with Crippen molar-refractivity contribution >= 4 is 40.9 Å². The fourth-order valence-electron chi connectivity index (χ4n) is 1.62. The largest absolute Gasteiger partial charge is 0.444 e. The Morgan fingerprint density at radius 2 is 1.77 bits per heavy atom. The van der Waals surface area contributed by atoms with Crippen LogP contribution in [0.4, 0.5) is 4.79 Å². The van der Waals surface area contributed by atoms with Gasteiger partial charge < -0.3 is 20.3 Å². The minimum atomic E-state index is -1.41. The predicted octanol–water partition coefficient (Wildman–Crippen LogP) is 3.57. The average molecular weight is 371 g/mol. The molecule has 0 spiro atoms. The first-order chi connectivity index (χ1) is 10.0. The highest BCUT2D eigenvalue weighted by molar-refractivity contribution is 6.44. The maximum Gasteiger partial charge on any atom is 0.407 e. The van der Waals surface area contributed by atoms with Gasteiger partial charge in [0.15, 0.2) is 0 Å². The van der Waals surface area contributed by atoms with Crippen LogP contribution < -0.4 is 5.32 Å². The summed E-state index contributed by atoms with van der Waals surface area (Å²) in [6.45, 7) is 4.89. The smallest absolute Gasteiger partial charge is 0.407 e. The fourth-order valence-corrected chi connectivity index (χ4v) is 2.38. The number of halogens is 3. The lowest BCUT2D eigenvalue weighted by Crippen LogP contribution is -2.39. The number of hydrogen-bond donors (Lipinski definition) is 3. The van der Waals surface area contributed by atoms with Gasteiger partial charge in [0, 0.05) is 17.1 Å². The van der Waals surface area contributed by atoms with Crippen LogP contribution in [0, 0.1) is 0 Å². The van der Waals surface area contributed by atoms with Gasteiger partial charge in [-0.25, -0.2) is 4.79 Å². The quantitative estimate of drug-likeness (QED) is 0.708. The van der Waals surface area contributed by atoms with E-state index in [9.17, 15) is 15.0 Å². The van der Waals surface area contributed by atoms with E-state index >= 15 is 0 Å². The number of benzene rings is 1. The molecule has 0 aliphatic carbocycles. The van der Waals surface area contributed by atoms with Crippen molar-refractivity contribution in [1.29, 1.82) is 0 Å². The molecule has 1 rings (SSSR count). The molecule has 2 atom stereocenters. The molecule has 0 saturated heterocycles. The zero-order valence-corrected chi connectivity index (χ0v) is 14.6. The van der Waals surface area contributed by atoms with Crippen molar-refractivity contribution in [2.45, 2.75) is 38.6 Å². The molecule has 0 aliphatic heterocycles. The molecule has 0 fully saturated rings. The Kier molecular flexibility index (Phi) is 6.77. The molecule has 2 unspecified atom stereocenters. The summed E-state index contributed by atoms with van der Waals surface area (Å²) < 4.78 is 5.02. The Morgan fingerprint density at radius 1 is 1.23 bits per heavy atom. The van der Waals surface area contributed by atoms with E-state index in [-0.39, 0.29) is 27.2 Å². The Labute approximate surface area is 144 Å². The maximum atomic E-state index is 11.5. The number of carbonyl (C=O) groups excluding carboxylic acids is 1. The number of amides is 1.